The first kappa shape index (κ1) is 20.1. The van der Waals surface area contributed by atoms with Crippen molar-refractivity contribution in [3.63, 3.8) is 0 Å². The molecule has 0 unspecified atom stereocenters. The van der Waals surface area contributed by atoms with E-state index in [1.54, 1.807) is 0 Å². The van der Waals surface area contributed by atoms with Crippen molar-refractivity contribution < 1.29 is 14.5 Å². The van der Waals surface area contributed by atoms with Gasteiger partial charge in [-0.1, -0.05) is 0 Å². The molecule has 0 aliphatic carbocycles. The van der Waals surface area contributed by atoms with E-state index in [-0.39, 0.29) is 22.9 Å². The highest BCUT2D eigenvalue weighted by Gasteiger charge is 2.18. The van der Waals surface area contributed by atoms with E-state index in [1.165, 1.54) is 12.1 Å². The van der Waals surface area contributed by atoms with E-state index in [2.05, 4.69) is 15.5 Å². The van der Waals surface area contributed by atoms with Crippen LogP contribution in [0.3, 0.4) is 0 Å². The third-order valence-corrected chi connectivity index (χ3v) is 5.04. The summed E-state index contributed by atoms with van der Waals surface area (Å²) in [6.07, 6.45) is 0.865. The number of benzene rings is 1. The highest BCUT2D eigenvalue weighted by molar-refractivity contribution is 8.00. The number of rotatable bonds is 9. The zero-order valence-corrected chi connectivity index (χ0v) is 15.2. The van der Waals surface area contributed by atoms with Crippen molar-refractivity contribution in [1.29, 1.82) is 0 Å². The van der Waals surface area contributed by atoms with Crippen molar-refractivity contribution in [1.82, 2.24) is 15.5 Å². The Labute approximate surface area is 155 Å². The third-order valence-electron chi connectivity index (χ3n) is 3.98. The number of thioether (sulfide) groups is 1. The van der Waals surface area contributed by atoms with Gasteiger partial charge in [0.1, 0.15) is 0 Å². The molecule has 0 radical (unpaired) electrons. The Morgan fingerprint density at radius 1 is 1.35 bits per heavy atom. The van der Waals surface area contributed by atoms with Crippen LogP contribution in [0.5, 0.6) is 0 Å². The number of nitrogens with one attached hydrogen (secondary N) is 2. The molecule has 2 rings (SSSR count). The van der Waals surface area contributed by atoms with Gasteiger partial charge in [-0.2, -0.15) is 0 Å². The fraction of sp³-hybridized carbons (Fsp3) is 0.500. The van der Waals surface area contributed by atoms with Crippen LogP contribution in [0.4, 0.5) is 5.69 Å². The summed E-state index contributed by atoms with van der Waals surface area (Å²) >= 11 is 1.07. The predicted molar refractivity (Wildman–Crippen MR) is 99.3 cm³/mol. The Morgan fingerprint density at radius 2 is 2.08 bits per heavy atom. The molecular formula is C16H23N5O4S. The minimum Gasteiger partial charge on any atom is -0.366 e. The summed E-state index contributed by atoms with van der Waals surface area (Å²) in [6.45, 7) is 5.55. The lowest BCUT2D eigenvalue weighted by Gasteiger charge is -2.27. The van der Waals surface area contributed by atoms with Crippen LogP contribution in [0.15, 0.2) is 23.1 Å². The normalized spacial score (nSPS) is 14.8. The molecule has 4 N–H and O–H groups in total. The van der Waals surface area contributed by atoms with Crippen LogP contribution in [0, 0.1) is 10.1 Å². The van der Waals surface area contributed by atoms with E-state index in [4.69, 9.17) is 5.73 Å². The minimum absolute atomic E-state index is 0.0680. The van der Waals surface area contributed by atoms with Crippen molar-refractivity contribution in [3.05, 3.63) is 33.9 Å². The van der Waals surface area contributed by atoms with Crippen molar-refractivity contribution in [2.24, 2.45) is 5.73 Å². The number of nitro groups is 1. The number of primary amides is 1. The first-order valence-electron chi connectivity index (χ1n) is 8.38. The zero-order valence-electron chi connectivity index (χ0n) is 14.4. The average molecular weight is 381 g/mol. The first-order chi connectivity index (χ1) is 12.5. The van der Waals surface area contributed by atoms with E-state index < -0.39 is 10.8 Å². The minimum atomic E-state index is -0.730. The summed E-state index contributed by atoms with van der Waals surface area (Å²) in [4.78, 5) is 36.3. The van der Waals surface area contributed by atoms with Gasteiger partial charge in [0.25, 0.3) is 5.69 Å². The molecular weight excluding hydrogens is 358 g/mol. The van der Waals surface area contributed by atoms with Gasteiger partial charge >= 0.3 is 0 Å². The molecule has 0 saturated carbocycles. The molecule has 1 fully saturated rings. The van der Waals surface area contributed by atoms with Gasteiger partial charge in [-0.3, -0.25) is 19.7 Å². The quantitative estimate of drug-likeness (QED) is 0.241. The molecule has 1 aliphatic heterocycles. The largest absolute Gasteiger partial charge is 0.366 e. The smallest absolute Gasteiger partial charge is 0.283 e. The molecule has 2 amide bonds. The van der Waals surface area contributed by atoms with Gasteiger partial charge in [-0.25, -0.2) is 0 Å². The molecule has 26 heavy (non-hydrogen) atoms. The molecule has 0 aromatic heterocycles. The Kier molecular flexibility index (Phi) is 7.82. The maximum absolute atomic E-state index is 11.9. The van der Waals surface area contributed by atoms with Crippen LogP contribution in [0.25, 0.3) is 0 Å². The molecule has 1 saturated heterocycles. The number of nitrogens with two attached hydrogens (primary N) is 1. The molecule has 10 heteroatoms. The van der Waals surface area contributed by atoms with Crippen LogP contribution in [-0.2, 0) is 4.79 Å². The first-order valence-corrected chi connectivity index (χ1v) is 9.37. The van der Waals surface area contributed by atoms with E-state index in [1.807, 2.05) is 0 Å². The summed E-state index contributed by atoms with van der Waals surface area (Å²) in [5, 5.41) is 17.2. The van der Waals surface area contributed by atoms with Gasteiger partial charge in [-0.05, 0) is 25.1 Å². The molecule has 1 aliphatic rings. The molecule has 1 aromatic carbocycles. The van der Waals surface area contributed by atoms with Crippen LogP contribution < -0.4 is 16.4 Å². The number of piperazine rings is 1. The second-order valence-electron chi connectivity index (χ2n) is 5.89. The molecule has 142 valence electrons. The Hall–Kier alpha value is -2.17. The van der Waals surface area contributed by atoms with Gasteiger partial charge in [-0.15, -0.1) is 11.8 Å². The number of nitro benzene ring substituents is 1. The maximum atomic E-state index is 11.9. The molecule has 0 bridgehead atoms. The summed E-state index contributed by atoms with van der Waals surface area (Å²) in [5.41, 5.74) is 4.98. The number of carbonyl (C=O) groups excluding carboxylic acids is 2. The van der Waals surface area contributed by atoms with Crippen molar-refractivity contribution in [2.75, 3.05) is 45.0 Å². The van der Waals surface area contributed by atoms with Crippen LogP contribution >= 0.6 is 11.8 Å². The standard InChI is InChI=1S/C16H23N5O4S/c17-16(23)12-2-3-14(13(10-12)21(24)25)26-11-15(22)19-4-1-7-20-8-5-18-6-9-20/h2-3,10,18H,1,4-9,11H2,(H2,17,23)(H,19,22). The second kappa shape index (κ2) is 10.1. The Morgan fingerprint density at radius 3 is 2.73 bits per heavy atom. The lowest BCUT2D eigenvalue weighted by Crippen LogP contribution is -2.44. The molecule has 0 atom stereocenters. The fourth-order valence-corrected chi connectivity index (χ4v) is 3.43. The van der Waals surface area contributed by atoms with E-state index in [0.29, 0.717) is 11.4 Å². The Bertz CT molecular complexity index is 664. The zero-order chi connectivity index (χ0) is 18.9. The maximum Gasteiger partial charge on any atom is 0.283 e. The van der Waals surface area contributed by atoms with Crippen molar-refractivity contribution in [3.8, 4) is 0 Å². The fourth-order valence-electron chi connectivity index (χ4n) is 2.59. The lowest BCUT2D eigenvalue weighted by atomic mass is 10.2. The number of carbonyl (C=O) groups is 2. The van der Waals surface area contributed by atoms with Gasteiger partial charge in [0.15, 0.2) is 0 Å². The number of hydrogen-bond acceptors (Lipinski definition) is 7. The highest BCUT2D eigenvalue weighted by Crippen LogP contribution is 2.29. The molecule has 0 spiro atoms. The van der Waals surface area contributed by atoms with E-state index in [0.717, 1.165) is 57.0 Å². The number of amides is 2. The van der Waals surface area contributed by atoms with Crippen LogP contribution in [0.2, 0.25) is 0 Å². The summed E-state index contributed by atoms with van der Waals surface area (Å²) < 4.78 is 0. The van der Waals surface area contributed by atoms with Gasteiger partial charge < -0.3 is 21.3 Å². The average Bonchev–Trinajstić information content (AvgIpc) is 2.64. The summed E-state index contributed by atoms with van der Waals surface area (Å²) in [6, 6.07) is 4.00. The number of hydrogen-bond donors (Lipinski definition) is 3. The van der Waals surface area contributed by atoms with Crippen molar-refractivity contribution >= 4 is 29.3 Å². The Balaban J connectivity index is 1.76. The molecule has 1 heterocycles. The monoisotopic (exact) mass is 381 g/mol. The van der Waals surface area contributed by atoms with Crippen LogP contribution in [0.1, 0.15) is 16.8 Å². The highest BCUT2D eigenvalue weighted by atomic mass is 32.2. The van der Waals surface area contributed by atoms with Crippen molar-refractivity contribution in [2.45, 2.75) is 11.3 Å². The second-order valence-corrected chi connectivity index (χ2v) is 6.90. The van der Waals surface area contributed by atoms with Gasteiger partial charge in [0.2, 0.25) is 11.8 Å². The van der Waals surface area contributed by atoms with Gasteiger partial charge in [0.05, 0.1) is 15.6 Å². The van der Waals surface area contributed by atoms with E-state index in [9.17, 15) is 19.7 Å². The topological polar surface area (TPSA) is 131 Å². The van der Waals surface area contributed by atoms with Crippen LogP contribution in [-0.4, -0.2) is 66.7 Å². The molecule has 1 aromatic rings. The third kappa shape index (κ3) is 6.28. The predicted octanol–water partition coefficient (Wildman–Crippen LogP) is 0.197. The van der Waals surface area contributed by atoms with Gasteiger partial charge in [0, 0.05) is 44.4 Å². The molecule has 9 nitrogen and oxygen atoms in total. The van der Waals surface area contributed by atoms with E-state index >= 15 is 0 Å². The summed E-state index contributed by atoms with van der Waals surface area (Å²) in [5.74, 6) is -0.833. The lowest BCUT2D eigenvalue weighted by molar-refractivity contribution is -0.387. The number of nitrogens with zero attached hydrogens (tertiary/aromatic N) is 2. The summed E-state index contributed by atoms with van der Waals surface area (Å²) in [7, 11) is 0. The SMILES string of the molecule is NC(=O)c1ccc(SCC(=O)NCCCN2CCNCC2)c([N+](=O)[O-])c1.